The van der Waals surface area contributed by atoms with E-state index in [0.717, 1.165) is 53.9 Å². The lowest BCUT2D eigenvalue weighted by molar-refractivity contribution is 0.394. The minimum absolute atomic E-state index is 0.0813. The maximum absolute atomic E-state index is 12.4. The number of rotatable bonds is 2. The maximum atomic E-state index is 12.4. The first-order valence-corrected chi connectivity index (χ1v) is 8.39. The third-order valence-electron chi connectivity index (χ3n) is 4.94. The van der Waals surface area contributed by atoms with Gasteiger partial charge in [0.15, 0.2) is 5.65 Å². The van der Waals surface area contributed by atoms with Crippen LogP contribution in [0.15, 0.2) is 41.7 Å². The molecule has 0 unspecified atom stereocenters. The minimum atomic E-state index is -0.0813. The Morgan fingerprint density at radius 3 is 2.88 bits per heavy atom. The molecule has 0 aromatic carbocycles. The van der Waals surface area contributed by atoms with Crippen molar-refractivity contribution in [2.24, 2.45) is 0 Å². The molecule has 0 spiro atoms. The molecule has 2 N–H and O–H groups in total. The van der Waals surface area contributed by atoms with Crippen molar-refractivity contribution < 1.29 is 0 Å². The van der Waals surface area contributed by atoms with Gasteiger partial charge in [0.2, 0.25) is 0 Å². The van der Waals surface area contributed by atoms with E-state index in [9.17, 15) is 4.79 Å². The third kappa shape index (κ3) is 2.21. The summed E-state index contributed by atoms with van der Waals surface area (Å²) in [5.74, 6) is 0.953. The van der Waals surface area contributed by atoms with Crippen molar-refractivity contribution in [3.63, 3.8) is 0 Å². The predicted molar refractivity (Wildman–Crippen MR) is 94.7 cm³/mol. The quantitative estimate of drug-likeness (QED) is 0.583. The van der Waals surface area contributed by atoms with E-state index in [0.29, 0.717) is 0 Å². The summed E-state index contributed by atoms with van der Waals surface area (Å²) in [5.41, 5.74) is 2.30. The molecule has 1 fully saturated rings. The summed E-state index contributed by atoms with van der Waals surface area (Å²) in [6.07, 6.45) is 6.95. The van der Waals surface area contributed by atoms with Gasteiger partial charge in [0.1, 0.15) is 17.8 Å². The van der Waals surface area contributed by atoms with Crippen molar-refractivity contribution in [2.75, 3.05) is 18.0 Å². The fourth-order valence-electron chi connectivity index (χ4n) is 3.74. The van der Waals surface area contributed by atoms with Gasteiger partial charge in [0.05, 0.1) is 10.9 Å². The number of hydrogen-bond acceptors (Lipinski definition) is 5. The summed E-state index contributed by atoms with van der Waals surface area (Å²) in [4.78, 5) is 33.7. The molecule has 1 aliphatic heterocycles. The van der Waals surface area contributed by atoms with E-state index >= 15 is 0 Å². The number of nitrogens with zero attached hydrogens (tertiary/aromatic N) is 5. The molecule has 5 rings (SSSR count). The molecular formula is C17H17N7O. The highest BCUT2D eigenvalue weighted by Crippen LogP contribution is 2.29. The highest BCUT2D eigenvalue weighted by molar-refractivity contribution is 5.87. The summed E-state index contributed by atoms with van der Waals surface area (Å²) in [6.45, 7) is 1.68. The molecule has 0 amide bonds. The van der Waals surface area contributed by atoms with Gasteiger partial charge >= 0.3 is 5.69 Å². The number of nitrogens with one attached hydrogen (secondary N) is 2. The summed E-state index contributed by atoms with van der Waals surface area (Å²) < 4.78 is 1.80. The fraction of sp³-hybridized carbons (Fsp3) is 0.294. The highest BCUT2D eigenvalue weighted by atomic mass is 16.1. The highest BCUT2D eigenvalue weighted by Gasteiger charge is 2.25. The van der Waals surface area contributed by atoms with Crippen LogP contribution in [0.1, 0.15) is 18.9 Å². The Bertz CT molecular complexity index is 1100. The molecule has 0 aliphatic carbocycles. The largest absolute Gasteiger partial charge is 0.356 e. The van der Waals surface area contributed by atoms with Gasteiger partial charge in [-0.25, -0.2) is 19.7 Å². The molecule has 0 bridgehead atoms. The summed E-state index contributed by atoms with van der Waals surface area (Å²) in [7, 11) is 0. The molecule has 4 aromatic heterocycles. The zero-order chi connectivity index (χ0) is 16.8. The lowest BCUT2D eigenvalue weighted by Gasteiger charge is -2.33. The Hall–Kier alpha value is -3.16. The molecule has 0 saturated carbocycles. The second-order valence-electron chi connectivity index (χ2n) is 6.33. The maximum Gasteiger partial charge on any atom is 0.327 e. The topological polar surface area (TPSA) is 95.5 Å². The van der Waals surface area contributed by atoms with Crippen molar-refractivity contribution in [3.05, 3.63) is 47.4 Å². The van der Waals surface area contributed by atoms with Crippen LogP contribution < -0.4 is 10.6 Å². The predicted octanol–water partition coefficient (Wildman–Crippen LogP) is 1.84. The summed E-state index contributed by atoms with van der Waals surface area (Å²) >= 11 is 0. The molecule has 4 aromatic rings. The smallest absolute Gasteiger partial charge is 0.327 e. The van der Waals surface area contributed by atoms with Gasteiger partial charge in [0.25, 0.3) is 0 Å². The van der Waals surface area contributed by atoms with Gasteiger partial charge in [-0.05, 0) is 31.0 Å². The van der Waals surface area contributed by atoms with Crippen LogP contribution in [-0.2, 0) is 0 Å². The lowest BCUT2D eigenvalue weighted by Crippen LogP contribution is -2.37. The van der Waals surface area contributed by atoms with Crippen LogP contribution in [0, 0.1) is 0 Å². The van der Waals surface area contributed by atoms with E-state index in [1.807, 2.05) is 24.4 Å². The van der Waals surface area contributed by atoms with Crippen LogP contribution in [0.25, 0.3) is 22.2 Å². The van der Waals surface area contributed by atoms with E-state index in [-0.39, 0.29) is 11.7 Å². The second kappa shape index (κ2) is 5.44. The number of piperidine rings is 1. The van der Waals surface area contributed by atoms with Gasteiger partial charge in [0, 0.05) is 31.5 Å². The van der Waals surface area contributed by atoms with Gasteiger partial charge in [-0.2, -0.15) is 0 Å². The molecule has 25 heavy (non-hydrogen) atoms. The number of imidazole rings is 1. The van der Waals surface area contributed by atoms with Crippen LogP contribution in [0.3, 0.4) is 0 Å². The van der Waals surface area contributed by atoms with Crippen LogP contribution >= 0.6 is 0 Å². The van der Waals surface area contributed by atoms with Crippen LogP contribution in [-0.4, -0.2) is 42.6 Å². The van der Waals surface area contributed by atoms with Gasteiger partial charge < -0.3 is 14.9 Å². The molecule has 0 atom stereocenters. The Morgan fingerprint density at radius 1 is 1.12 bits per heavy atom. The molecule has 1 saturated heterocycles. The fourth-order valence-corrected chi connectivity index (χ4v) is 3.74. The van der Waals surface area contributed by atoms with E-state index in [1.54, 1.807) is 17.1 Å². The third-order valence-corrected chi connectivity index (χ3v) is 4.94. The number of pyridine rings is 1. The normalized spacial score (nSPS) is 16.1. The van der Waals surface area contributed by atoms with Crippen LogP contribution in [0.2, 0.25) is 0 Å². The molecule has 8 nitrogen and oxygen atoms in total. The number of aromatic nitrogens is 6. The van der Waals surface area contributed by atoms with E-state index < -0.39 is 0 Å². The summed E-state index contributed by atoms with van der Waals surface area (Å²) in [5, 5.41) is 1.03. The zero-order valence-corrected chi connectivity index (χ0v) is 13.5. The molecule has 8 heteroatoms. The Balaban J connectivity index is 1.44. The first kappa shape index (κ1) is 14.2. The van der Waals surface area contributed by atoms with E-state index in [4.69, 9.17) is 0 Å². The van der Waals surface area contributed by atoms with Crippen LogP contribution in [0.5, 0.6) is 0 Å². The van der Waals surface area contributed by atoms with Crippen molar-refractivity contribution in [3.8, 4) is 0 Å². The molecular weight excluding hydrogens is 318 g/mol. The number of hydrogen-bond donors (Lipinski definition) is 2. The second-order valence-corrected chi connectivity index (χ2v) is 6.33. The van der Waals surface area contributed by atoms with Gasteiger partial charge in [-0.3, -0.25) is 4.57 Å². The number of H-pyrrole nitrogens is 2. The lowest BCUT2D eigenvalue weighted by atomic mass is 10.0. The Kier molecular flexibility index (Phi) is 3.09. The van der Waals surface area contributed by atoms with Crippen molar-refractivity contribution in [1.82, 2.24) is 29.5 Å². The number of anilines is 1. The van der Waals surface area contributed by atoms with Gasteiger partial charge in [-0.1, -0.05) is 0 Å². The minimum Gasteiger partial charge on any atom is -0.356 e. The zero-order valence-electron chi connectivity index (χ0n) is 13.5. The molecule has 1 aliphatic rings. The van der Waals surface area contributed by atoms with Crippen molar-refractivity contribution in [1.29, 1.82) is 0 Å². The number of fused-ring (bicyclic) bond motifs is 2. The van der Waals surface area contributed by atoms with Crippen LogP contribution in [0.4, 0.5) is 5.82 Å². The summed E-state index contributed by atoms with van der Waals surface area (Å²) in [6, 6.07) is 5.88. The average molecular weight is 335 g/mol. The standard InChI is InChI=1S/C17H17N7O/c25-17-22-13-2-1-6-19-16(13)24(17)11-4-8-23(9-5-11)15-12-3-7-18-14(12)20-10-21-15/h1-3,6-7,10-11H,4-5,8-9H2,(H,22,25)(H,18,20,21). The van der Waals surface area contributed by atoms with E-state index in [2.05, 4.69) is 29.8 Å². The van der Waals surface area contributed by atoms with Crippen molar-refractivity contribution >= 4 is 28.0 Å². The monoisotopic (exact) mass is 335 g/mol. The number of aromatic amines is 2. The Morgan fingerprint density at radius 2 is 2.00 bits per heavy atom. The first-order valence-electron chi connectivity index (χ1n) is 8.39. The SMILES string of the molecule is O=c1[nH]c2cccnc2n1C1CCN(c2ncnc3[nH]ccc23)CC1. The molecule has 126 valence electrons. The molecule has 0 radical (unpaired) electrons. The first-order chi connectivity index (χ1) is 12.3. The van der Waals surface area contributed by atoms with Crippen molar-refractivity contribution in [2.45, 2.75) is 18.9 Å². The van der Waals surface area contributed by atoms with E-state index in [1.165, 1.54) is 0 Å². The Labute approximate surface area is 142 Å². The average Bonchev–Trinajstić information content (AvgIpc) is 3.25. The van der Waals surface area contributed by atoms with Gasteiger partial charge in [-0.15, -0.1) is 0 Å². The molecule has 5 heterocycles.